The molecule has 0 unspecified atom stereocenters. The van der Waals surface area contributed by atoms with Gasteiger partial charge < -0.3 is 8.83 Å². The molecule has 50 heavy (non-hydrogen) atoms. The minimum Gasteiger partial charge on any atom is -0.456 e. The van der Waals surface area contributed by atoms with E-state index in [2.05, 4.69) is 74.7 Å². The van der Waals surface area contributed by atoms with Crippen molar-refractivity contribution in [1.29, 1.82) is 5.26 Å². The maximum atomic E-state index is 9.43. The molecule has 0 spiro atoms. The molecule has 242 valence electrons. The summed E-state index contributed by atoms with van der Waals surface area (Å²) in [4.78, 5) is 5.25. The van der Waals surface area contributed by atoms with Crippen LogP contribution in [0.3, 0.4) is 0 Å². The molecule has 0 aliphatic rings. The van der Waals surface area contributed by atoms with Gasteiger partial charge in [0.2, 0.25) is 0 Å². The highest BCUT2D eigenvalue weighted by Gasteiger charge is 2.26. The molecule has 0 radical (unpaired) electrons. The number of rotatable bonds is 5. The Morgan fingerprint density at radius 1 is 0.680 bits per heavy atom. The normalized spacial score (nSPS) is 13.2. The first kappa shape index (κ1) is 26.8. The second kappa shape index (κ2) is 11.2. The zero-order valence-corrected chi connectivity index (χ0v) is 28.2. The van der Waals surface area contributed by atoms with E-state index in [1.54, 1.807) is 24.3 Å². The van der Waals surface area contributed by atoms with Crippen LogP contribution in [-0.4, -0.2) is 9.55 Å². The van der Waals surface area contributed by atoms with Gasteiger partial charge in [-0.15, -0.1) is 0 Å². The fraction of sp³-hybridized carbons (Fsp3) is 0.156. The molecule has 0 aliphatic carbocycles. The first-order valence-electron chi connectivity index (χ1n) is 18.5. The highest BCUT2D eigenvalue weighted by molar-refractivity contribution is 6.16. The maximum absolute atomic E-state index is 9.43. The highest BCUT2D eigenvalue weighted by Crippen LogP contribution is 2.44. The van der Waals surface area contributed by atoms with E-state index in [9.17, 15) is 5.26 Å². The van der Waals surface area contributed by atoms with Crippen molar-refractivity contribution in [3.8, 4) is 34.3 Å². The first-order chi connectivity index (χ1) is 25.5. The third-order valence-electron chi connectivity index (χ3n) is 9.88. The Balaban J connectivity index is 1.38. The van der Waals surface area contributed by atoms with Crippen LogP contribution in [0.25, 0.3) is 83.1 Å². The Bertz CT molecular complexity index is 2930. The monoisotopic (exact) mass is 652 g/mol. The molecule has 0 aliphatic heterocycles. The number of hydrogen-bond acceptors (Lipinski definition) is 4. The molecular weight excluding hydrogens is 615 g/mol. The Morgan fingerprint density at radius 3 is 2.10 bits per heavy atom. The Morgan fingerprint density at radius 2 is 1.38 bits per heavy atom. The predicted molar refractivity (Wildman–Crippen MR) is 204 cm³/mol. The summed E-state index contributed by atoms with van der Waals surface area (Å²) in [5.74, 6) is 0.816. The second-order valence-electron chi connectivity index (χ2n) is 13.7. The molecule has 0 saturated heterocycles. The van der Waals surface area contributed by atoms with E-state index in [0.717, 1.165) is 55.0 Å². The standard InChI is InChI=1S/C45H35N3O2/c1-25(2)34-20-30(29-12-7-6-8-13-29)21-35(26(3)4)43(34)48-42-27(5)11-9-16-38(42)47-45(48)33-15-10-14-32-37-23-40-36(22-41(37)50-44(32)33)31-18-17-28(24-46)19-39(31)49-40/h6-23,25-26H,1-5H3/i5D3. The SMILES string of the molecule is [2H]C([2H])([2H])c1cccc2nc(-c3cccc4c3oc3cc5c(cc34)oc3cc(C#N)ccc35)n(-c3c(C(C)C)cc(-c4ccccc4)cc3C(C)C)c12. The number of benzene rings is 6. The van der Waals surface area contributed by atoms with Crippen LogP contribution in [0, 0.1) is 18.2 Å². The van der Waals surface area contributed by atoms with Gasteiger partial charge in [-0.05, 0) is 101 Å². The van der Waals surface area contributed by atoms with Gasteiger partial charge >= 0.3 is 0 Å². The van der Waals surface area contributed by atoms with Crippen LogP contribution in [0.4, 0.5) is 0 Å². The molecule has 0 saturated carbocycles. The molecule has 5 nitrogen and oxygen atoms in total. The minimum atomic E-state index is -2.38. The summed E-state index contributed by atoms with van der Waals surface area (Å²) >= 11 is 0. The van der Waals surface area contributed by atoms with Crippen molar-refractivity contribution in [3.63, 3.8) is 0 Å². The number of furan rings is 2. The molecule has 0 bridgehead atoms. The quantitative estimate of drug-likeness (QED) is 0.185. The van der Waals surface area contributed by atoms with Crippen molar-refractivity contribution in [2.24, 2.45) is 0 Å². The van der Waals surface area contributed by atoms with Crippen molar-refractivity contribution in [1.82, 2.24) is 9.55 Å². The van der Waals surface area contributed by atoms with E-state index in [0.29, 0.717) is 44.8 Å². The van der Waals surface area contributed by atoms with Crippen molar-refractivity contribution in [3.05, 3.63) is 131 Å². The molecule has 9 rings (SSSR count). The van der Waals surface area contributed by atoms with E-state index in [4.69, 9.17) is 17.9 Å². The van der Waals surface area contributed by atoms with Crippen LogP contribution < -0.4 is 0 Å². The van der Waals surface area contributed by atoms with E-state index in [1.807, 2.05) is 48.5 Å². The summed E-state index contributed by atoms with van der Waals surface area (Å²) in [5.41, 5.74) is 10.8. The number of imidazole rings is 1. The van der Waals surface area contributed by atoms with Gasteiger partial charge in [-0.3, -0.25) is 4.57 Å². The topological polar surface area (TPSA) is 67.9 Å². The molecule has 3 aromatic heterocycles. The minimum absolute atomic E-state index is 0.105. The number of fused-ring (bicyclic) bond motifs is 7. The van der Waals surface area contributed by atoms with Gasteiger partial charge in [0.25, 0.3) is 0 Å². The van der Waals surface area contributed by atoms with Crippen LogP contribution in [-0.2, 0) is 0 Å². The lowest BCUT2D eigenvalue weighted by Gasteiger charge is -2.24. The van der Waals surface area contributed by atoms with Gasteiger partial charge in [0.1, 0.15) is 28.2 Å². The number of hydrogen-bond donors (Lipinski definition) is 0. The Hall–Kier alpha value is -6.12. The number of nitriles is 1. The second-order valence-corrected chi connectivity index (χ2v) is 13.7. The maximum Gasteiger partial charge on any atom is 0.149 e. The smallest absolute Gasteiger partial charge is 0.149 e. The molecule has 0 fully saturated rings. The molecule has 0 atom stereocenters. The average Bonchev–Trinajstić information content (AvgIpc) is 3.83. The third-order valence-corrected chi connectivity index (χ3v) is 9.88. The van der Waals surface area contributed by atoms with Crippen molar-refractivity contribution >= 4 is 54.9 Å². The van der Waals surface area contributed by atoms with E-state index in [1.165, 1.54) is 0 Å². The van der Waals surface area contributed by atoms with Crippen molar-refractivity contribution < 1.29 is 12.9 Å². The lowest BCUT2D eigenvalue weighted by molar-refractivity contribution is 0.664. The lowest BCUT2D eigenvalue weighted by atomic mass is 9.88. The summed E-state index contributed by atoms with van der Waals surface area (Å²) < 4.78 is 41.0. The zero-order valence-electron chi connectivity index (χ0n) is 31.2. The van der Waals surface area contributed by atoms with Gasteiger partial charge in [-0.2, -0.15) is 5.26 Å². The summed E-state index contributed by atoms with van der Waals surface area (Å²) in [6.07, 6.45) is 0. The fourth-order valence-electron chi connectivity index (χ4n) is 7.45. The van der Waals surface area contributed by atoms with Gasteiger partial charge in [0.05, 0.1) is 33.9 Å². The van der Waals surface area contributed by atoms with Crippen LogP contribution in [0.1, 0.15) is 65.9 Å². The van der Waals surface area contributed by atoms with E-state index >= 15 is 0 Å². The molecule has 3 heterocycles. The molecule has 6 aromatic carbocycles. The van der Waals surface area contributed by atoms with E-state index < -0.39 is 6.85 Å². The van der Waals surface area contributed by atoms with Crippen LogP contribution in [0.5, 0.6) is 0 Å². The average molecular weight is 653 g/mol. The van der Waals surface area contributed by atoms with Gasteiger partial charge in [-0.1, -0.05) is 82.3 Å². The van der Waals surface area contributed by atoms with Gasteiger partial charge in [0, 0.05) is 25.7 Å². The van der Waals surface area contributed by atoms with Crippen molar-refractivity contribution in [2.75, 3.05) is 0 Å². The van der Waals surface area contributed by atoms with Crippen LogP contribution in [0.2, 0.25) is 0 Å². The summed E-state index contributed by atoms with van der Waals surface area (Å²) in [5, 5.41) is 13.0. The number of nitrogens with zero attached hydrogens (tertiary/aromatic N) is 3. The summed E-state index contributed by atoms with van der Waals surface area (Å²) in [6.45, 7) is 6.34. The molecule has 0 N–H and O–H groups in total. The lowest BCUT2D eigenvalue weighted by Crippen LogP contribution is -2.10. The third kappa shape index (κ3) is 4.49. The van der Waals surface area contributed by atoms with Gasteiger partial charge in [-0.25, -0.2) is 4.98 Å². The fourth-order valence-corrected chi connectivity index (χ4v) is 7.45. The Kier molecular flexibility index (Phi) is 6.01. The Labute approximate surface area is 294 Å². The van der Waals surface area contributed by atoms with Crippen molar-refractivity contribution in [2.45, 2.75) is 46.4 Å². The summed E-state index contributed by atoms with van der Waals surface area (Å²) in [7, 11) is 0. The van der Waals surface area contributed by atoms with Crippen LogP contribution >= 0.6 is 0 Å². The predicted octanol–water partition coefficient (Wildman–Crippen LogP) is 12.6. The highest BCUT2D eigenvalue weighted by atomic mass is 16.3. The first-order valence-corrected chi connectivity index (χ1v) is 17.0. The van der Waals surface area contributed by atoms with E-state index in [-0.39, 0.29) is 17.4 Å². The number of para-hydroxylation sites is 2. The largest absolute Gasteiger partial charge is 0.456 e. The van der Waals surface area contributed by atoms with Crippen LogP contribution in [0.15, 0.2) is 118 Å². The number of aryl methyl sites for hydroxylation is 1. The van der Waals surface area contributed by atoms with Gasteiger partial charge in [0.15, 0.2) is 0 Å². The molecular formula is C45H35N3O2. The molecule has 0 amide bonds. The summed E-state index contributed by atoms with van der Waals surface area (Å²) in [6, 6.07) is 37.9. The molecule has 5 heteroatoms. The number of aromatic nitrogens is 2. The zero-order chi connectivity index (χ0) is 36.8. The molecule has 9 aromatic rings.